The number of piperidine rings is 1. The van der Waals surface area contributed by atoms with E-state index in [2.05, 4.69) is 48.4 Å². The van der Waals surface area contributed by atoms with Crippen LogP contribution >= 0.6 is 24.0 Å². The van der Waals surface area contributed by atoms with Crippen LogP contribution in [0.2, 0.25) is 0 Å². The van der Waals surface area contributed by atoms with Crippen molar-refractivity contribution in [3.8, 4) is 11.5 Å². The molecule has 0 radical (unpaired) electrons. The van der Waals surface area contributed by atoms with Gasteiger partial charge in [0.25, 0.3) is 0 Å². The van der Waals surface area contributed by atoms with Crippen LogP contribution in [0.3, 0.4) is 0 Å². The average molecular weight is 516 g/mol. The van der Waals surface area contributed by atoms with E-state index in [0.29, 0.717) is 12.7 Å². The molecule has 1 aromatic rings. The number of guanidine groups is 1. The summed E-state index contributed by atoms with van der Waals surface area (Å²) in [7, 11) is 0. The summed E-state index contributed by atoms with van der Waals surface area (Å²) in [4.78, 5) is 7.47. The number of nitrogens with one attached hydrogen (secondary N) is 2. The molecule has 2 N–H and O–H groups in total. The van der Waals surface area contributed by atoms with Crippen LogP contribution in [0.15, 0.2) is 23.2 Å². The summed E-state index contributed by atoms with van der Waals surface area (Å²) in [5.41, 5.74) is 1.24. The monoisotopic (exact) mass is 516 g/mol. The van der Waals surface area contributed by atoms with E-state index in [1.54, 1.807) is 0 Å². The van der Waals surface area contributed by atoms with Crippen LogP contribution in [0.5, 0.6) is 11.5 Å². The van der Waals surface area contributed by atoms with E-state index in [1.807, 2.05) is 6.07 Å². The highest BCUT2D eigenvalue weighted by Gasteiger charge is 2.20. The molecule has 0 aromatic heterocycles. The van der Waals surface area contributed by atoms with Gasteiger partial charge in [-0.1, -0.05) is 19.9 Å². The molecule has 0 bridgehead atoms. The highest BCUT2D eigenvalue weighted by atomic mass is 127. The Morgan fingerprint density at radius 1 is 1.24 bits per heavy atom. The summed E-state index contributed by atoms with van der Waals surface area (Å²) in [5, 5.41) is 6.85. The van der Waals surface area contributed by atoms with Gasteiger partial charge in [0.05, 0.1) is 0 Å². The third-order valence-corrected chi connectivity index (χ3v) is 5.22. The van der Waals surface area contributed by atoms with Crippen molar-refractivity contribution in [2.75, 3.05) is 46.1 Å². The fourth-order valence-corrected chi connectivity index (χ4v) is 3.97. The van der Waals surface area contributed by atoms with Crippen molar-refractivity contribution >= 4 is 29.9 Å². The SMILES string of the molecule is CCNC(=NCC1CCCN(CC(C)C)C1)NCCc1ccc2c(c1)OCO2.I. The molecule has 1 atom stereocenters. The number of ether oxygens (including phenoxy) is 2. The first kappa shape index (κ1) is 24.1. The van der Waals surface area contributed by atoms with E-state index in [9.17, 15) is 0 Å². The Labute approximate surface area is 192 Å². The van der Waals surface area contributed by atoms with Gasteiger partial charge < -0.3 is 25.0 Å². The van der Waals surface area contributed by atoms with E-state index < -0.39 is 0 Å². The molecule has 0 aliphatic carbocycles. The molecule has 0 saturated carbocycles. The summed E-state index contributed by atoms with van der Waals surface area (Å²) in [6.07, 6.45) is 3.50. The number of aliphatic imine (C=N–C) groups is 1. The number of nitrogens with zero attached hydrogens (tertiary/aromatic N) is 2. The largest absolute Gasteiger partial charge is 0.454 e. The molecule has 3 rings (SSSR count). The quantitative estimate of drug-likeness (QED) is 0.315. The van der Waals surface area contributed by atoms with Crippen LogP contribution in [0.1, 0.15) is 39.2 Å². The van der Waals surface area contributed by atoms with Crippen molar-refractivity contribution in [3.05, 3.63) is 23.8 Å². The average Bonchev–Trinajstić information content (AvgIpc) is 3.14. The molecule has 2 aliphatic heterocycles. The lowest BCUT2D eigenvalue weighted by molar-refractivity contribution is 0.162. The molecule has 2 heterocycles. The number of benzene rings is 1. The van der Waals surface area contributed by atoms with Gasteiger partial charge in [0.2, 0.25) is 6.79 Å². The number of halogens is 1. The van der Waals surface area contributed by atoms with E-state index in [-0.39, 0.29) is 24.0 Å². The molecule has 0 spiro atoms. The van der Waals surface area contributed by atoms with E-state index >= 15 is 0 Å². The zero-order valence-electron chi connectivity index (χ0n) is 18.1. The first-order valence-electron chi connectivity index (χ1n) is 10.8. The van der Waals surface area contributed by atoms with Crippen LogP contribution in [0.4, 0.5) is 0 Å². The molecule has 1 unspecified atom stereocenters. The molecule has 6 nitrogen and oxygen atoms in total. The summed E-state index contributed by atoms with van der Waals surface area (Å²) in [5.74, 6) is 4.00. The second kappa shape index (κ2) is 12.5. The van der Waals surface area contributed by atoms with Crippen LogP contribution in [0.25, 0.3) is 0 Å². The normalized spacial score (nSPS) is 19.2. The van der Waals surface area contributed by atoms with Crippen molar-refractivity contribution in [3.63, 3.8) is 0 Å². The number of hydrogen-bond acceptors (Lipinski definition) is 4. The third-order valence-electron chi connectivity index (χ3n) is 5.22. The Hall–Kier alpha value is -1.22. The highest BCUT2D eigenvalue weighted by Crippen LogP contribution is 2.32. The zero-order valence-corrected chi connectivity index (χ0v) is 20.4. The topological polar surface area (TPSA) is 58.1 Å². The Morgan fingerprint density at radius 2 is 2.07 bits per heavy atom. The fraction of sp³-hybridized carbons (Fsp3) is 0.682. The molecule has 1 fully saturated rings. The van der Waals surface area contributed by atoms with Gasteiger partial charge in [0, 0.05) is 32.7 Å². The first-order chi connectivity index (χ1) is 13.6. The number of likely N-dealkylation sites (tertiary alicyclic amines) is 1. The predicted octanol–water partition coefficient (Wildman–Crippen LogP) is 3.50. The maximum atomic E-state index is 5.46. The molecule has 0 amide bonds. The lowest BCUT2D eigenvalue weighted by Crippen LogP contribution is -2.41. The number of hydrogen-bond donors (Lipinski definition) is 2. The summed E-state index contributed by atoms with van der Waals surface area (Å²) in [6.45, 7) is 13.3. The fourth-order valence-electron chi connectivity index (χ4n) is 3.97. The lowest BCUT2D eigenvalue weighted by atomic mass is 9.97. The summed E-state index contributed by atoms with van der Waals surface area (Å²) >= 11 is 0. The zero-order chi connectivity index (χ0) is 19.8. The van der Waals surface area contributed by atoms with Crippen molar-refractivity contribution in [1.82, 2.24) is 15.5 Å². The lowest BCUT2D eigenvalue weighted by Gasteiger charge is -2.33. The van der Waals surface area contributed by atoms with Gasteiger partial charge in [0.15, 0.2) is 17.5 Å². The van der Waals surface area contributed by atoms with Crippen molar-refractivity contribution < 1.29 is 9.47 Å². The molecular weight excluding hydrogens is 479 g/mol. The van der Waals surface area contributed by atoms with Gasteiger partial charge in [-0.25, -0.2) is 0 Å². The maximum absolute atomic E-state index is 5.46. The smallest absolute Gasteiger partial charge is 0.231 e. The summed E-state index contributed by atoms with van der Waals surface area (Å²) < 4.78 is 10.8. The molecule has 1 saturated heterocycles. The van der Waals surface area contributed by atoms with Crippen molar-refractivity contribution in [1.29, 1.82) is 0 Å². The highest BCUT2D eigenvalue weighted by molar-refractivity contribution is 14.0. The van der Waals surface area contributed by atoms with Crippen LogP contribution in [-0.2, 0) is 6.42 Å². The van der Waals surface area contributed by atoms with Gasteiger partial charge in [0.1, 0.15) is 0 Å². The van der Waals surface area contributed by atoms with E-state index in [0.717, 1.165) is 49.4 Å². The van der Waals surface area contributed by atoms with E-state index in [4.69, 9.17) is 14.5 Å². The first-order valence-corrected chi connectivity index (χ1v) is 10.8. The van der Waals surface area contributed by atoms with Crippen molar-refractivity contribution in [2.24, 2.45) is 16.8 Å². The molecule has 1 aromatic carbocycles. The van der Waals surface area contributed by atoms with Crippen LogP contribution in [0, 0.1) is 11.8 Å². The van der Waals surface area contributed by atoms with Gasteiger partial charge in [-0.05, 0) is 62.3 Å². The number of rotatable bonds is 8. The Balaban J connectivity index is 0.00000300. The van der Waals surface area contributed by atoms with Crippen molar-refractivity contribution in [2.45, 2.75) is 40.0 Å². The maximum Gasteiger partial charge on any atom is 0.231 e. The van der Waals surface area contributed by atoms with E-state index in [1.165, 1.54) is 38.0 Å². The molecule has 7 heteroatoms. The molecular formula is C22H37IN4O2. The van der Waals surface area contributed by atoms with Gasteiger partial charge in [-0.3, -0.25) is 4.99 Å². The van der Waals surface area contributed by atoms with Crippen LogP contribution in [-0.4, -0.2) is 56.9 Å². The Kier molecular flexibility index (Phi) is 10.3. The van der Waals surface area contributed by atoms with Gasteiger partial charge in [-0.15, -0.1) is 24.0 Å². The molecule has 164 valence electrons. The van der Waals surface area contributed by atoms with Gasteiger partial charge >= 0.3 is 0 Å². The second-order valence-electron chi connectivity index (χ2n) is 8.25. The Bertz CT molecular complexity index is 654. The van der Waals surface area contributed by atoms with Crippen LogP contribution < -0.4 is 20.1 Å². The minimum Gasteiger partial charge on any atom is -0.454 e. The Morgan fingerprint density at radius 3 is 2.86 bits per heavy atom. The number of fused-ring (bicyclic) bond motifs is 1. The minimum absolute atomic E-state index is 0. The van der Waals surface area contributed by atoms with Gasteiger partial charge in [-0.2, -0.15) is 0 Å². The molecule has 2 aliphatic rings. The second-order valence-corrected chi connectivity index (χ2v) is 8.25. The predicted molar refractivity (Wildman–Crippen MR) is 130 cm³/mol. The third kappa shape index (κ3) is 7.85. The minimum atomic E-state index is 0. The standard InChI is InChI=1S/C22H36N4O2.HI/c1-4-23-22(25-13-19-6-5-11-26(15-19)14-17(2)3)24-10-9-18-7-8-20-21(12-18)28-16-27-20;/h7-8,12,17,19H,4-6,9-11,13-16H2,1-3H3,(H2,23,24,25);1H. The molecule has 29 heavy (non-hydrogen) atoms. The summed E-state index contributed by atoms with van der Waals surface area (Å²) in [6, 6.07) is 6.16.